The summed E-state index contributed by atoms with van der Waals surface area (Å²) in [4.78, 5) is 28.6. The zero-order valence-electron chi connectivity index (χ0n) is 11.7. The minimum Gasteiger partial charge on any atom is -0.364 e. The Morgan fingerprint density at radius 2 is 2.10 bits per heavy atom. The molecule has 0 bridgehead atoms. The molecule has 5 nitrogen and oxygen atoms in total. The molecular weight excluding hydrogens is 287 g/mol. The zero-order valence-corrected chi connectivity index (χ0v) is 11.7. The van der Waals surface area contributed by atoms with Gasteiger partial charge in [-0.2, -0.15) is 13.2 Å². The Bertz CT molecular complexity index is 551. The van der Waals surface area contributed by atoms with Crippen molar-refractivity contribution in [1.82, 2.24) is 14.8 Å². The molecule has 0 unspecified atom stereocenters. The number of nitrogens with zero attached hydrogens (tertiary/aromatic N) is 2. The van der Waals surface area contributed by atoms with Crippen LogP contribution in [0.15, 0.2) is 12.3 Å². The van der Waals surface area contributed by atoms with E-state index in [-0.39, 0.29) is 19.1 Å². The van der Waals surface area contributed by atoms with E-state index in [1.807, 2.05) is 13.8 Å². The highest BCUT2D eigenvalue weighted by molar-refractivity contribution is 5.99. The van der Waals surface area contributed by atoms with E-state index in [0.29, 0.717) is 16.2 Å². The van der Waals surface area contributed by atoms with Crippen molar-refractivity contribution < 1.29 is 22.8 Å². The largest absolute Gasteiger partial charge is 0.406 e. The van der Waals surface area contributed by atoms with E-state index in [1.165, 1.54) is 0 Å². The van der Waals surface area contributed by atoms with Crippen molar-refractivity contribution in [3.8, 4) is 0 Å². The average Bonchev–Trinajstić information content (AvgIpc) is 2.94. The van der Waals surface area contributed by atoms with Gasteiger partial charge in [0.05, 0.1) is 12.2 Å². The van der Waals surface area contributed by atoms with Crippen molar-refractivity contribution in [3.63, 3.8) is 0 Å². The number of hydrogen-bond acceptors (Lipinski definition) is 2. The van der Waals surface area contributed by atoms with Crippen LogP contribution in [0, 0.1) is 0 Å². The molecule has 0 atom stereocenters. The predicted octanol–water partition coefficient (Wildman–Crippen LogP) is 1.94. The van der Waals surface area contributed by atoms with Gasteiger partial charge in [0.25, 0.3) is 5.91 Å². The molecule has 1 aromatic heterocycles. The van der Waals surface area contributed by atoms with E-state index in [0.717, 1.165) is 4.90 Å². The van der Waals surface area contributed by atoms with Gasteiger partial charge in [0, 0.05) is 11.9 Å². The SMILES string of the molecule is CC(C)c1[nH]ccc1C(=O)N1CC(=O)N(CC(F)(F)F)C1. The third-order valence-electron chi connectivity index (χ3n) is 3.26. The van der Waals surface area contributed by atoms with Gasteiger partial charge in [0.1, 0.15) is 13.1 Å². The first kappa shape index (κ1) is 15.4. The van der Waals surface area contributed by atoms with Crippen LogP contribution < -0.4 is 0 Å². The van der Waals surface area contributed by atoms with Crippen molar-refractivity contribution >= 4 is 11.8 Å². The normalized spacial score (nSPS) is 16.2. The Kier molecular flexibility index (Phi) is 3.97. The van der Waals surface area contributed by atoms with Gasteiger partial charge in [-0.1, -0.05) is 13.8 Å². The number of H-pyrrole nitrogens is 1. The molecule has 0 aromatic carbocycles. The molecule has 1 aromatic rings. The van der Waals surface area contributed by atoms with Crippen LogP contribution >= 0.6 is 0 Å². The number of hydrogen-bond donors (Lipinski definition) is 1. The summed E-state index contributed by atoms with van der Waals surface area (Å²) in [6.07, 6.45) is -2.86. The van der Waals surface area contributed by atoms with Crippen molar-refractivity contribution in [2.24, 2.45) is 0 Å². The molecule has 1 N–H and O–H groups in total. The number of carbonyl (C=O) groups excluding carboxylic acids is 2. The molecule has 0 saturated carbocycles. The Morgan fingerprint density at radius 1 is 1.43 bits per heavy atom. The Morgan fingerprint density at radius 3 is 2.67 bits per heavy atom. The number of aromatic nitrogens is 1. The van der Waals surface area contributed by atoms with Gasteiger partial charge < -0.3 is 14.8 Å². The van der Waals surface area contributed by atoms with Gasteiger partial charge in [0.15, 0.2) is 0 Å². The van der Waals surface area contributed by atoms with E-state index >= 15 is 0 Å². The summed E-state index contributed by atoms with van der Waals surface area (Å²) in [7, 11) is 0. The van der Waals surface area contributed by atoms with Crippen molar-refractivity contribution in [2.75, 3.05) is 19.8 Å². The highest BCUT2D eigenvalue weighted by Gasteiger charge is 2.39. The Hall–Kier alpha value is -1.99. The first-order chi connectivity index (χ1) is 9.69. The quantitative estimate of drug-likeness (QED) is 0.928. The number of alkyl halides is 3. The molecule has 1 aliphatic heterocycles. The van der Waals surface area contributed by atoms with Crippen LogP contribution in [0.25, 0.3) is 0 Å². The molecule has 2 rings (SSSR count). The van der Waals surface area contributed by atoms with Crippen LogP contribution in [0.3, 0.4) is 0 Å². The number of nitrogens with one attached hydrogen (secondary N) is 1. The minimum atomic E-state index is -4.47. The molecule has 0 aliphatic carbocycles. The van der Waals surface area contributed by atoms with Gasteiger partial charge in [-0.05, 0) is 12.0 Å². The molecule has 21 heavy (non-hydrogen) atoms. The van der Waals surface area contributed by atoms with Gasteiger partial charge in [-0.25, -0.2) is 0 Å². The van der Waals surface area contributed by atoms with E-state index in [2.05, 4.69) is 4.98 Å². The second kappa shape index (κ2) is 5.42. The van der Waals surface area contributed by atoms with Crippen molar-refractivity contribution in [1.29, 1.82) is 0 Å². The number of rotatable bonds is 3. The maximum Gasteiger partial charge on any atom is 0.406 e. The highest BCUT2D eigenvalue weighted by atomic mass is 19.4. The maximum atomic E-state index is 12.3. The monoisotopic (exact) mass is 303 g/mol. The summed E-state index contributed by atoms with van der Waals surface area (Å²) in [6, 6.07) is 1.58. The number of carbonyl (C=O) groups is 2. The van der Waals surface area contributed by atoms with Crippen molar-refractivity contribution in [3.05, 3.63) is 23.5 Å². The fourth-order valence-electron chi connectivity index (χ4n) is 2.31. The summed E-state index contributed by atoms with van der Waals surface area (Å²) in [5, 5.41) is 0. The first-order valence-electron chi connectivity index (χ1n) is 6.50. The van der Waals surface area contributed by atoms with Crippen LogP contribution in [-0.4, -0.2) is 52.5 Å². The topological polar surface area (TPSA) is 56.4 Å². The van der Waals surface area contributed by atoms with Crippen molar-refractivity contribution in [2.45, 2.75) is 25.9 Å². The molecule has 2 heterocycles. The van der Waals surface area contributed by atoms with Gasteiger partial charge in [-0.3, -0.25) is 9.59 Å². The summed E-state index contributed by atoms with van der Waals surface area (Å²) in [6.45, 7) is 1.80. The number of amides is 2. The van der Waals surface area contributed by atoms with Crippen LogP contribution in [0.2, 0.25) is 0 Å². The summed E-state index contributed by atoms with van der Waals surface area (Å²) < 4.78 is 37.0. The minimum absolute atomic E-state index is 0.0727. The molecule has 0 radical (unpaired) electrons. The van der Waals surface area contributed by atoms with Gasteiger partial charge >= 0.3 is 6.18 Å². The van der Waals surface area contributed by atoms with Crippen LogP contribution in [0.5, 0.6) is 0 Å². The highest BCUT2D eigenvalue weighted by Crippen LogP contribution is 2.23. The van der Waals surface area contributed by atoms with Crippen LogP contribution in [0.4, 0.5) is 13.2 Å². The lowest BCUT2D eigenvalue weighted by Crippen LogP contribution is -2.37. The number of aromatic amines is 1. The van der Waals surface area contributed by atoms with E-state index in [9.17, 15) is 22.8 Å². The molecule has 1 aliphatic rings. The fraction of sp³-hybridized carbons (Fsp3) is 0.538. The summed E-state index contributed by atoms with van der Waals surface area (Å²) in [5.41, 5.74) is 1.10. The summed E-state index contributed by atoms with van der Waals surface area (Å²) >= 11 is 0. The lowest BCUT2D eigenvalue weighted by atomic mass is 10.1. The Balaban J connectivity index is 2.11. The van der Waals surface area contributed by atoms with E-state index in [4.69, 9.17) is 0 Å². The lowest BCUT2D eigenvalue weighted by Gasteiger charge is -2.19. The summed E-state index contributed by atoms with van der Waals surface area (Å²) in [5.74, 6) is -1.05. The van der Waals surface area contributed by atoms with Gasteiger partial charge in [-0.15, -0.1) is 0 Å². The third kappa shape index (κ3) is 3.37. The smallest absolute Gasteiger partial charge is 0.364 e. The fourth-order valence-corrected chi connectivity index (χ4v) is 2.31. The zero-order chi connectivity index (χ0) is 15.8. The molecule has 8 heteroatoms. The van der Waals surface area contributed by atoms with E-state index in [1.54, 1.807) is 12.3 Å². The molecule has 1 fully saturated rings. The van der Waals surface area contributed by atoms with Crippen LogP contribution in [0.1, 0.15) is 35.8 Å². The molecule has 0 spiro atoms. The molecule has 1 saturated heterocycles. The van der Waals surface area contributed by atoms with Crippen LogP contribution in [-0.2, 0) is 4.79 Å². The maximum absolute atomic E-state index is 12.3. The van der Waals surface area contributed by atoms with Gasteiger partial charge in [0.2, 0.25) is 5.91 Å². The molecular formula is C13H16F3N3O2. The Labute approximate surface area is 119 Å². The van der Waals surface area contributed by atoms with E-state index < -0.39 is 24.5 Å². The standard InChI is InChI=1S/C13H16F3N3O2/c1-8(2)11-9(3-4-17-11)12(21)18-5-10(20)19(7-18)6-13(14,15)16/h3-4,8,17H,5-7H2,1-2H3. The third-order valence-corrected chi connectivity index (χ3v) is 3.26. The molecule has 2 amide bonds. The second-order valence-corrected chi connectivity index (χ2v) is 5.31. The second-order valence-electron chi connectivity index (χ2n) is 5.31. The lowest BCUT2D eigenvalue weighted by molar-refractivity contribution is -0.157. The predicted molar refractivity (Wildman–Crippen MR) is 68.6 cm³/mol. The number of halogens is 3. The average molecular weight is 303 g/mol. The molecule has 116 valence electrons. The first-order valence-corrected chi connectivity index (χ1v) is 6.50.